The van der Waals surface area contributed by atoms with Crippen molar-refractivity contribution in [1.82, 2.24) is 5.32 Å². The summed E-state index contributed by atoms with van der Waals surface area (Å²) >= 11 is 0. The third-order valence-electron chi connectivity index (χ3n) is 1.80. The van der Waals surface area contributed by atoms with Crippen LogP contribution in [-0.2, 0) is 9.59 Å². The van der Waals surface area contributed by atoms with Crippen LogP contribution in [0.25, 0.3) is 0 Å². The smallest absolute Gasteiger partial charge is 0.224 e. The maximum Gasteiger partial charge on any atom is 0.224 e. The van der Waals surface area contributed by atoms with E-state index in [1.165, 1.54) is 0 Å². The number of hydrogen-bond acceptors (Lipinski definition) is 3. The van der Waals surface area contributed by atoms with E-state index < -0.39 is 5.91 Å². The fourth-order valence-electron chi connectivity index (χ4n) is 1.25. The molecule has 1 aliphatic heterocycles. The Morgan fingerprint density at radius 1 is 1.55 bits per heavy atom. The molecule has 1 fully saturated rings. The molecule has 4 nitrogen and oxygen atoms in total. The van der Waals surface area contributed by atoms with E-state index in [0.29, 0.717) is 0 Å². The molecule has 0 aliphatic carbocycles. The molecule has 0 aromatic heterocycles. The molecule has 4 heteroatoms. The second kappa shape index (κ2) is 3.48. The van der Waals surface area contributed by atoms with Gasteiger partial charge in [-0.15, -0.1) is 0 Å². The van der Waals surface area contributed by atoms with E-state index in [0.717, 1.165) is 19.4 Å². The van der Waals surface area contributed by atoms with Gasteiger partial charge in [0.25, 0.3) is 0 Å². The number of hydrogen-bond donors (Lipinski definition) is 2. The maximum absolute atomic E-state index is 11.1. The van der Waals surface area contributed by atoms with Crippen molar-refractivity contribution < 1.29 is 9.59 Å². The summed E-state index contributed by atoms with van der Waals surface area (Å²) in [4.78, 5) is 21.4. The number of nitrogens with two attached hydrogens (primary N) is 1. The molecule has 62 valence electrons. The molecule has 1 aliphatic rings. The van der Waals surface area contributed by atoms with E-state index in [2.05, 4.69) is 5.32 Å². The summed E-state index contributed by atoms with van der Waals surface area (Å²) in [5.74, 6) is -0.612. The van der Waals surface area contributed by atoms with Crippen LogP contribution in [0, 0.1) is 0 Å². The van der Waals surface area contributed by atoms with Crippen LogP contribution in [0.4, 0.5) is 0 Å². The SMILES string of the molecule is NC(=O)CC(=O)[C@@H]1CCCN1. The van der Waals surface area contributed by atoms with E-state index >= 15 is 0 Å². The normalized spacial score (nSPS) is 23.5. The fourth-order valence-corrected chi connectivity index (χ4v) is 1.25. The number of ketones is 1. The lowest BCUT2D eigenvalue weighted by atomic mass is 10.1. The zero-order valence-corrected chi connectivity index (χ0v) is 6.30. The highest BCUT2D eigenvalue weighted by Crippen LogP contribution is 2.06. The Bertz CT molecular complexity index is 173. The van der Waals surface area contributed by atoms with E-state index in [9.17, 15) is 9.59 Å². The lowest BCUT2D eigenvalue weighted by Gasteiger charge is -2.05. The molecule has 0 aromatic rings. The molecule has 1 heterocycles. The fraction of sp³-hybridized carbons (Fsp3) is 0.714. The van der Waals surface area contributed by atoms with Crippen LogP contribution in [0.3, 0.4) is 0 Å². The van der Waals surface area contributed by atoms with Gasteiger partial charge in [0.2, 0.25) is 5.91 Å². The largest absolute Gasteiger partial charge is 0.369 e. The van der Waals surface area contributed by atoms with Gasteiger partial charge in [0.1, 0.15) is 0 Å². The number of primary amides is 1. The minimum absolute atomic E-state index is 0.0741. The first kappa shape index (κ1) is 8.20. The number of carbonyl (C=O) groups is 2. The summed E-state index contributed by atoms with van der Waals surface area (Å²) in [6.45, 7) is 0.870. The topological polar surface area (TPSA) is 72.2 Å². The number of rotatable bonds is 3. The first-order valence-corrected chi connectivity index (χ1v) is 3.74. The van der Waals surface area contributed by atoms with E-state index in [1.807, 2.05) is 0 Å². The Balaban J connectivity index is 2.34. The second-order valence-corrected chi connectivity index (χ2v) is 2.76. The number of Topliss-reactive ketones (excluding diaryl/α,β-unsaturated/α-hetero) is 1. The third-order valence-corrected chi connectivity index (χ3v) is 1.80. The Morgan fingerprint density at radius 2 is 2.27 bits per heavy atom. The average molecular weight is 156 g/mol. The highest BCUT2D eigenvalue weighted by molar-refractivity contribution is 6.00. The molecule has 0 unspecified atom stereocenters. The van der Waals surface area contributed by atoms with Gasteiger partial charge in [-0.2, -0.15) is 0 Å². The van der Waals surface area contributed by atoms with Crippen molar-refractivity contribution in [1.29, 1.82) is 0 Å². The van der Waals surface area contributed by atoms with Crippen molar-refractivity contribution >= 4 is 11.7 Å². The van der Waals surface area contributed by atoms with Crippen LogP contribution in [0.5, 0.6) is 0 Å². The van der Waals surface area contributed by atoms with Crippen molar-refractivity contribution in [2.45, 2.75) is 25.3 Å². The second-order valence-electron chi connectivity index (χ2n) is 2.76. The first-order chi connectivity index (χ1) is 5.20. The molecule has 1 amide bonds. The Kier molecular flexibility index (Phi) is 2.59. The Labute approximate surface area is 65.1 Å². The molecule has 0 bridgehead atoms. The van der Waals surface area contributed by atoms with Crippen molar-refractivity contribution in [2.24, 2.45) is 5.73 Å². The van der Waals surface area contributed by atoms with Gasteiger partial charge in [-0.3, -0.25) is 9.59 Å². The van der Waals surface area contributed by atoms with E-state index in [1.54, 1.807) is 0 Å². The quantitative estimate of drug-likeness (QED) is 0.524. The zero-order chi connectivity index (χ0) is 8.27. The van der Waals surface area contributed by atoms with E-state index in [-0.39, 0.29) is 18.2 Å². The lowest BCUT2D eigenvalue weighted by Crippen LogP contribution is -2.33. The van der Waals surface area contributed by atoms with Gasteiger partial charge in [0.05, 0.1) is 12.5 Å². The number of nitrogens with one attached hydrogen (secondary N) is 1. The summed E-state index contributed by atoms with van der Waals surface area (Å²) in [5.41, 5.74) is 4.87. The van der Waals surface area contributed by atoms with Crippen LogP contribution in [-0.4, -0.2) is 24.3 Å². The standard InChI is InChI=1S/C7H12N2O2/c8-7(11)4-6(10)5-2-1-3-9-5/h5,9H,1-4H2,(H2,8,11)/t5-/m0/s1. The summed E-state index contributed by atoms with van der Waals surface area (Å²) in [5, 5.41) is 3.00. The van der Waals surface area contributed by atoms with Gasteiger partial charge in [0.15, 0.2) is 5.78 Å². The molecule has 1 atom stereocenters. The molecule has 0 spiro atoms. The first-order valence-electron chi connectivity index (χ1n) is 3.74. The molecule has 0 radical (unpaired) electrons. The van der Waals surface area contributed by atoms with Crippen molar-refractivity contribution in [3.8, 4) is 0 Å². The minimum Gasteiger partial charge on any atom is -0.369 e. The predicted octanol–water partition coefficient (Wildman–Crippen LogP) is -0.817. The van der Waals surface area contributed by atoms with Crippen molar-refractivity contribution in [3.05, 3.63) is 0 Å². The molecular weight excluding hydrogens is 144 g/mol. The number of carbonyl (C=O) groups excluding carboxylic acids is 2. The molecule has 1 saturated heterocycles. The highest BCUT2D eigenvalue weighted by Gasteiger charge is 2.22. The average Bonchev–Trinajstić information content (AvgIpc) is 2.35. The summed E-state index contributed by atoms with van der Waals surface area (Å²) in [7, 11) is 0. The van der Waals surface area contributed by atoms with Crippen molar-refractivity contribution in [2.75, 3.05) is 6.54 Å². The van der Waals surface area contributed by atoms with Crippen LogP contribution < -0.4 is 11.1 Å². The van der Waals surface area contributed by atoms with Gasteiger partial charge in [-0.25, -0.2) is 0 Å². The summed E-state index contributed by atoms with van der Waals surface area (Å²) in [6, 6.07) is -0.123. The minimum atomic E-state index is -0.538. The molecular formula is C7H12N2O2. The maximum atomic E-state index is 11.1. The summed E-state index contributed by atoms with van der Waals surface area (Å²) < 4.78 is 0. The van der Waals surface area contributed by atoms with Crippen LogP contribution >= 0.6 is 0 Å². The van der Waals surface area contributed by atoms with Crippen molar-refractivity contribution in [3.63, 3.8) is 0 Å². The van der Waals surface area contributed by atoms with Gasteiger partial charge in [-0.05, 0) is 19.4 Å². The predicted molar refractivity (Wildman–Crippen MR) is 39.8 cm³/mol. The van der Waals surface area contributed by atoms with Crippen LogP contribution in [0.15, 0.2) is 0 Å². The van der Waals surface area contributed by atoms with Crippen LogP contribution in [0.2, 0.25) is 0 Å². The molecule has 0 aromatic carbocycles. The van der Waals surface area contributed by atoms with Crippen LogP contribution in [0.1, 0.15) is 19.3 Å². The monoisotopic (exact) mass is 156 g/mol. The van der Waals surface area contributed by atoms with Gasteiger partial charge >= 0.3 is 0 Å². The Morgan fingerprint density at radius 3 is 2.73 bits per heavy atom. The van der Waals surface area contributed by atoms with Gasteiger partial charge in [-0.1, -0.05) is 0 Å². The third kappa shape index (κ3) is 2.31. The Hall–Kier alpha value is -0.900. The molecule has 11 heavy (non-hydrogen) atoms. The molecule has 1 rings (SSSR count). The number of amides is 1. The zero-order valence-electron chi connectivity index (χ0n) is 6.30. The lowest BCUT2D eigenvalue weighted by molar-refractivity contribution is -0.127. The van der Waals surface area contributed by atoms with Gasteiger partial charge in [0, 0.05) is 0 Å². The van der Waals surface area contributed by atoms with Gasteiger partial charge < -0.3 is 11.1 Å². The van der Waals surface area contributed by atoms with E-state index in [4.69, 9.17) is 5.73 Å². The highest BCUT2D eigenvalue weighted by atomic mass is 16.2. The summed E-state index contributed by atoms with van der Waals surface area (Å²) in [6.07, 6.45) is 1.72. The molecule has 0 saturated carbocycles. The molecule has 3 N–H and O–H groups in total.